The first-order chi connectivity index (χ1) is 15.6. The highest BCUT2D eigenvalue weighted by Crippen LogP contribution is 2.19. The van der Waals surface area contributed by atoms with Crippen LogP contribution in [0.3, 0.4) is 0 Å². The number of benzene rings is 2. The van der Waals surface area contributed by atoms with Gasteiger partial charge in [0, 0.05) is 38.1 Å². The predicted molar refractivity (Wildman–Crippen MR) is 127 cm³/mol. The molecule has 1 saturated heterocycles. The van der Waals surface area contributed by atoms with Crippen molar-refractivity contribution < 1.29 is 9.59 Å². The second-order valence-corrected chi connectivity index (χ2v) is 7.95. The van der Waals surface area contributed by atoms with Crippen molar-refractivity contribution >= 4 is 40.6 Å². The molecule has 0 aliphatic carbocycles. The first-order valence-corrected chi connectivity index (χ1v) is 10.8. The molecule has 0 bridgehead atoms. The summed E-state index contributed by atoms with van der Waals surface area (Å²) in [5.74, 6) is 0.469. The van der Waals surface area contributed by atoms with Gasteiger partial charge in [-0.3, -0.25) is 14.5 Å². The van der Waals surface area contributed by atoms with Gasteiger partial charge >= 0.3 is 0 Å². The van der Waals surface area contributed by atoms with Crippen molar-refractivity contribution in [2.45, 2.75) is 0 Å². The number of nitrogens with one attached hydrogen (secondary N) is 2. The van der Waals surface area contributed by atoms with Gasteiger partial charge in [0.1, 0.15) is 5.82 Å². The summed E-state index contributed by atoms with van der Waals surface area (Å²) in [5, 5.41) is 6.36. The summed E-state index contributed by atoms with van der Waals surface area (Å²) in [7, 11) is 0. The topological polar surface area (TPSA) is 77.6 Å². The van der Waals surface area contributed by atoms with Gasteiger partial charge in [0.05, 0.1) is 22.8 Å². The quantitative estimate of drug-likeness (QED) is 0.599. The summed E-state index contributed by atoms with van der Waals surface area (Å²) in [5.41, 5.74) is 1.62. The van der Waals surface area contributed by atoms with E-state index in [1.807, 2.05) is 42.5 Å². The molecular weight excluding hydrogens is 426 g/mol. The average Bonchev–Trinajstić information content (AvgIpc) is 2.81. The molecule has 0 unspecified atom stereocenters. The van der Waals surface area contributed by atoms with Crippen molar-refractivity contribution in [3.63, 3.8) is 0 Å². The normalized spacial score (nSPS) is 14.1. The van der Waals surface area contributed by atoms with Gasteiger partial charge in [0.2, 0.25) is 5.91 Å². The molecule has 164 valence electrons. The summed E-state index contributed by atoms with van der Waals surface area (Å²) >= 11 is 5.91. The van der Waals surface area contributed by atoms with E-state index in [1.165, 1.54) is 0 Å². The Morgan fingerprint density at radius 1 is 0.875 bits per heavy atom. The van der Waals surface area contributed by atoms with Gasteiger partial charge in [-0.25, -0.2) is 4.98 Å². The Balaban J connectivity index is 1.32. The number of para-hydroxylation sites is 2. The molecule has 2 N–H and O–H groups in total. The molecule has 1 aromatic heterocycles. The summed E-state index contributed by atoms with van der Waals surface area (Å²) in [6.07, 6.45) is 1.64. The van der Waals surface area contributed by atoms with Gasteiger partial charge in [-0.1, -0.05) is 41.9 Å². The SMILES string of the molecule is O=C(CN1CCN(c2ccc(Cl)cn2)CC1)Nc1ccccc1C(=O)Nc1ccccc1. The maximum absolute atomic E-state index is 12.7. The lowest BCUT2D eigenvalue weighted by Crippen LogP contribution is -2.49. The minimum Gasteiger partial charge on any atom is -0.354 e. The number of hydrogen-bond acceptors (Lipinski definition) is 5. The van der Waals surface area contributed by atoms with E-state index in [-0.39, 0.29) is 18.4 Å². The minimum atomic E-state index is -0.267. The zero-order chi connectivity index (χ0) is 22.3. The van der Waals surface area contributed by atoms with Gasteiger partial charge < -0.3 is 15.5 Å². The van der Waals surface area contributed by atoms with Gasteiger partial charge in [-0.05, 0) is 36.4 Å². The number of aromatic nitrogens is 1. The monoisotopic (exact) mass is 449 g/mol. The number of carbonyl (C=O) groups excluding carboxylic acids is 2. The van der Waals surface area contributed by atoms with Gasteiger partial charge in [-0.2, -0.15) is 0 Å². The number of anilines is 3. The van der Waals surface area contributed by atoms with Crippen LogP contribution in [0.15, 0.2) is 72.9 Å². The minimum absolute atomic E-state index is 0.150. The summed E-state index contributed by atoms with van der Waals surface area (Å²) in [4.78, 5) is 34.0. The van der Waals surface area contributed by atoms with Crippen LogP contribution in [0.1, 0.15) is 10.4 Å². The number of halogens is 1. The Bertz CT molecular complexity index is 1070. The second kappa shape index (κ2) is 10.3. The summed E-state index contributed by atoms with van der Waals surface area (Å²) in [6, 6.07) is 20.0. The molecule has 0 saturated carbocycles. The maximum atomic E-state index is 12.7. The number of piperazine rings is 1. The summed E-state index contributed by atoms with van der Waals surface area (Å²) in [6.45, 7) is 3.30. The molecule has 7 nitrogen and oxygen atoms in total. The van der Waals surface area contributed by atoms with Crippen LogP contribution in [0.25, 0.3) is 0 Å². The number of amides is 2. The Morgan fingerprint density at radius 3 is 2.31 bits per heavy atom. The van der Waals surface area contributed by atoms with E-state index < -0.39 is 0 Å². The molecule has 2 heterocycles. The number of pyridine rings is 1. The van der Waals surface area contributed by atoms with Crippen molar-refractivity contribution in [3.8, 4) is 0 Å². The van der Waals surface area contributed by atoms with Crippen LogP contribution in [0.4, 0.5) is 17.2 Å². The second-order valence-electron chi connectivity index (χ2n) is 7.51. The Labute approximate surface area is 192 Å². The molecule has 1 aliphatic heterocycles. The van der Waals surface area contributed by atoms with Crippen molar-refractivity contribution in [1.29, 1.82) is 0 Å². The van der Waals surface area contributed by atoms with E-state index in [0.717, 1.165) is 32.0 Å². The van der Waals surface area contributed by atoms with E-state index in [1.54, 1.807) is 30.5 Å². The largest absolute Gasteiger partial charge is 0.354 e. The van der Waals surface area contributed by atoms with Gasteiger partial charge in [0.25, 0.3) is 5.91 Å². The number of carbonyl (C=O) groups is 2. The number of nitrogens with zero attached hydrogens (tertiary/aromatic N) is 3. The van der Waals surface area contributed by atoms with Gasteiger partial charge in [-0.15, -0.1) is 0 Å². The lowest BCUT2D eigenvalue weighted by Gasteiger charge is -2.35. The Morgan fingerprint density at radius 2 is 1.59 bits per heavy atom. The van der Waals surface area contributed by atoms with E-state index in [2.05, 4.69) is 25.4 Å². The van der Waals surface area contributed by atoms with Crippen LogP contribution in [-0.2, 0) is 4.79 Å². The molecule has 32 heavy (non-hydrogen) atoms. The predicted octanol–water partition coefficient (Wildman–Crippen LogP) is 3.75. The van der Waals surface area contributed by atoms with Crippen molar-refractivity contribution in [2.75, 3.05) is 48.3 Å². The molecular formula is C24H24ClN5O2. The third-order valence-electron chi connectivity index (χ3n) is 5.25. The highest BCUT2D eigenvalue weighted by atomic mass is 35.5. The van der Waals surface area contributed by atoms with Crippen LogP contribution in [0, 0.1) is 0 Å². The zero-order valence-corrected chi connectivity index (χ0v) is 18.3. The maximum Gasteiger partial charge on any atom is 0.257 e. The molecule has 2 amide bonds. The lowest BCUT2D eigenvalue weighted by atomic mass is 10.1. The highest BCUT2D eigenvalue weighted by molar-refractivity contribution is 6.30. The first kappa shape index (κ1) is 21.8. The summed E-state index contributed by atoms with van der Waals surface area (Å²) < 4.78 is 0. The van der Waals surface area contributed by atoms with Crippen LogP contribution in [-0.4, -0.2) is 54.4 Å². The molecule has 8 heteroatoms. The van der Waals surface area contributed by atoms with E-state index in [9.17, 15) is 9.59 Å². The lowest BCUT2D eigenvalue weighted by molar-refractivity contribution is -0.117. The fourth-order valence-electron chi connectivity index (χ4n) is 3.59. The van der Waals surface area contributed by atoms with Crippen LogP contribution in [0.2, 0.25) is 5.02 Å². The molecule has 0 atom stereocenters. The van der Waals surface area contributed by atoms with E-state index in [4.69, 9.17) is 11.6 Å². The number of hydrogen-bond donors (Lipinski definition) is 2. The third kappa shape index (κ3) is 5.63. The van der Waals surface area contributed by atoms with Crippen molar-refractivity contribution in [2.24, 2.45) is 0 Å². The fraction of sp³-hybridized carbons (Fsp3) is 0.208. The van der Waals surface area contributed by atoms with Crippen LogP contribution < -0.4 is 15.5 Å². The smallest absolute Gasteiger partial charge is 0.257 e. The molecule has 1 aliphatic rings. The number of rotatable bonds is 6. The van der Waals surface area contributed by atoms with E-state index in [0.29, 0.717) is 22.0 Å². The van der Waals surface area contributed by atoms with Crippen molar-refractivity contribution in [3.05, 3.63) is 83.5 Å². The van der Waals surface area contributed by atoms with Gasteiger partial charge in [0.15, 0.2) is 0 Å². The van der Waals surface area contributed by atoms with Crippen LogP contribution >= 0.6 is 11.6 Å². The zero-order valence-electron chi connectivity index (χ0n) is 17.5. The third-order valence-corrected chi connectivity index (χ3v) is 5.48. The molecule has 4 rings (SSSR count). The molecule has 2 aromatic carbocycles. The Kier molecular flexibility index (Phi) is 6.99. The highest BCUT2D eigenvalue weighted by Gasteiger charge is 2.21. The average molecular weight is 450 g/mol. The molecule has 0 radical (unpaired) electrons. The first-order valence-electron chi connectivity index (χ1n) is 10.4. The standard InChI is InChI=1S/C24H24ClN5O2/c25-18-10-11-22(26-16-18)30-14-12-29(13-15-30)17-23(31)28-21-9-5-4-8-20(21)24(32)27-19-6-2-1-3-7-19/h1-11,16H,12-15,17H2,(H,27,32)(H,28,31). The Hall–Kier alpha value is -3.42. The molecule has 3 aromatic rings. The fourth-order valence-corrected chi connectivity index (χ4v) is 3.70. The van der Waals surface area contributed by atoms with E-state index >= 15 is 0 Å². The van der Waals surface area contributed by atoms with Crippen molar-refractivity contribution in [1.82, 2.24) is 9.88 Å². The molecule has 1 fully saturated rings. The van der Waals surface area contributed by atoms with Crippen LogP contribution in [0.5, 0.6) is 0 Å². The molecule has 0 spiro atoms.